The summed E-state index contributed by atoms with van der Waals surface area (Å²) >= 11 is 1.88. The van der Waals surface area contributed by atoms with E-state index in [1.165, 1.54) is 0 Å². The maximum atomic E-state index is 5.63. The Labute approximate surface area is 89.8 Å². The Hall–Kier alpha value is -0.670. The molecule has 0 saturated heterocycles. The first-order chi connectivity index (χ1) is 6.88. The normalized spacial score (nSPS) is 10.1. The van der Waals surface area contributed by atoms with E-state index in [0.717, 1.165) is 29.4 Å². The van der Waals surface area contributed by atoms with Crippen molar-refractivity contribution in [2.75, 3.05) is 18.1 Å². The number of benzene rings is 1. The lowest BCUT2D eigenvalue weighted by Gasteiger charge is -2.09. The molecule has 78 valence electrons. The quantitative estimate of drug-likeness (QED) is 0.733. The third kappa shape index (κ3) is 3.60. The number of hydrogen-bond acceptors (Lipinski definition) is 3. The SMILES string of the molecule is CCSCCOc1ccccc1CN. The first kappa shape index (κ1) is 11.4. The van der Waals surface area contributed by atoms with Crippen molar-refractivity contribution < 1.29 is 4.74 Å². The van der Waals surface area contributed by atoms with E-state index in [-0.39, 0.29) is 0 Å². The van der Waals surface area contributed by atoms with Crippen LogP contribution in [0.3, 0.4) is 0 Å². The summed E-state index contributed by atoms with van der Waals surface area (Å²) in [7, 11) is 0. The summed E-state index contributed by atoms with van der Waals surface area (Å²) in [6, 6.07) is 7.93. The molecule has 0 saturated carbocycles. The van der Waals surface area contributed by atoms with Crippen LogP contribution in [0.25, 0.3) is 0 Å². The molecule has 0 unspecified atom stereocenters. The predicted molar refractivity (Wildman–Crippen MR) is 62.8 cm³/mol. The van der Waals surface area contributed by atoms with E-state index in [9.17, 15) is 0 Å². The Morgan fingerprint density at radius 2 is 2.14 bits per heavy atom. The zero-order chi connectivity index (χ0) is 10.2. The molecule has 0 aliphatic heterocycles. The molecule has 0 fully saturated rings. The minimum atomic E-state index is 0.539. The van der Waals surface area contributed by atoms with Gasteiger partial charge in [-0.3, -0.25) is 0 Å². The molecular weight excluding hydrogens is 194 g/mol. The van der Waals surface area contributed by atoms with Gasteiger partial charge in [0.15, 0.2) is 0 Å². The summed E-state index contributed by atoms with van der Waals surface area (Å²) in [5.41, 5.74) is 6.67. The Morgan fingerprint density at radius 1 is 1.36 bits per heavy atom. The lowest BCUT2D eigenvalue weighted by Crippen LogP contribution is -2.05. The van der Waals surface area contributed by atoms with Crippen molar-refractivity contribution in [3.05, 3.63) is 29.8 Å². The van der Waals surface area contributed by atoms with Gasteiger partial charge in [0, 0.05) is 17.9 Å². The van der Waals surface area contributed by atoms with Gasteiger partial charge in [-0.2, -0.15) is 11.8 Å². The van der Waals surface area contributed by atoms with Crippen LogP contribution in [0.15, 0.2) is 24.3 Å². The molecule has 1 aromatic rings. The lowest BCUT2D eigenvalue weighted by molar-refractivity contribution is 0.340. The summed E-state index contributed by atoms with van der Waals surface area (Å²) in [6.07, 6.45) is 0. The van der Waals surface area contributed by atoms with Crippen LogP contribution >= 0.6 is 11.8 Å². The molecule has 0 bridgehead atoms. The number of nitrogens with two attached hydrogens (primary N) is 1. The average molecular weight is 211 g/mol. The highest BCUT2D eigenvalue weighted by Crippen LogP contribution is 2.17. The highest BCUT2D eigenvalue weighted by molar-refractivity contribution is 7.99. The van der Waals surface area contributed by atoms with Crippen molar-refractivity contribution in [2.24, 2.45) is 5.73 Å². The molecule has 0 aromatic heterocycles. The van der Waals surface area contributed by atoms with E-state index >= 15 is 0 Å². The fourth-order valence-electron chi connectivity index (χ4n) is 1.17. The van der Waals surface area contributed by atoms with Gasteiger partial charge in [0.2, 0.25) is 0 Å². The lowest BCUT2D eigenvalue weighted by atomic mass is 10.2. The second-order valence-corrected chi connectivity index (χ2v) is 4.25. The van der Waals surface area contributed by atoms with Crippen molar-refractivity contribution in [1.82, 2.24) is 0 Å². The van der Waals surface area contributed by atoms with Gasteiger partial charge in [0.05, 0.1) is 6.61 Å². The molecule has 1 rings (SSSR count). The molecule has 3 heteroatoms. The molecule has 2 N–H and O–H groups in total. The third-order valence-corrected chi connectivity index (χ3v) is 2.75. The van der Waals surface area contributed by atoms with Crippen LogP contribution in [0.1, 0.15) is 12.5 Å². The summed E-state index contributed by atoms with van der Waals surface area (Å²) < 4.78 is 5.63. The Morgan fingerprint density at radius 3 is 2.86 bits per heavy atom. The molecule has 2 nitrogen and oxygen atoms in total. The van der Waals surface area contributed by atoms with Crippen LogP contribution < -0.4 is 10.5 Å². The van der Waals surface area contributed by atoms with E-state index in [0.29, 0.717) is 6.54 Å². The predicted octanol–water partition coefficient (Wildman–Crippen LogP) is 2.28. The summed E-state index contributed by atoms with van der Waals surface area (Å²) in [5, 5.41) is 0. The van der Waals surface area contributed by atoms with Gasteiger partial charge in [-0.25, -0.2) is 0 Å². The minimum absolute atomic E-state index is 0.539. The van der Waals surface area contributed by atoms with Crippen LogP contribution in [0, 0.1) is 0 Å². The molecule has 0 amide bonds. The van der Waals surface area contributed by atoms with Gasteiger partial charge in [-0.15, -0.1) is 0 Å². The van der Waals surface area contributed by atoms with Gasteiger partial charge >= 0.3 is 0 Å². The van der Waals surface area contributed by atoms with Crippen LogP contribution in [-0.4, -0.2) is 18.1 Å². The second-order valence-electron chi connectivity index (χ2n) is 2.86. The van der Waals surface area contributed by atoms with Crippen molar-refractivity contribution in [3.8, 4) is 5.75 Å². The Balaban J connectivity index is 2.41. The van der Waals surface area contributed by atoms with Crippen molar-refractivity contribution in [1.29, 1.82) is 0 Å². The molecule has 0 spiro atoms. The van der Waals surface area contributed by atoms with Crippen molar-refractivity contribution in [3.63, 3.8) is 0 Å². The fourth-order valence-corrected chi connectivity index (χ4v) is 1.66. The fraction of sp³-hybridized carbons (Fsp3) is 0.455. The minimum Gasteiger partial charge on any atom is -0.492 e. The van der Waals surface area contributed by atoms with Gasteiger partial charge in [-0.1, -0.05) is 25.1 Å². The van der Waals surface area contributed by atoms with E-state index in [1.54, 1.807) is 0 Å². The summed E-state index contributed by atoms with van der Waals surface area (Å²) in [5.74, 6) is 3.10. The number of thioether (sulfide) groups is 1. The Kier molecular flexibility index (Phi) is 5.49. The van der Waals surface area contributed by atoms with Gasteiger partial charge < -0.3 is 10.5 Å². The second kappa shape index (κ2) is 6.74. The van der Waals surface area contributed by atoms with Crippen molar-refractivity contribution in [2.45, 2.75) is 13.5 Å². The Bertz CT molecular complexity index is 265. The zero-order valence-electron chi connectivity index (χ0n) is 8.53. The first-order valence-corrected chi connectivity index (χ1v) is 6.02. The highest BCUT2D eigenvalue weighted by atomic mass is 32.2. The van der Waals surface area contributed by atoms with Gasteiger partial charge in [0.25, 0.3) is 0 Å². The van der Waals surface area contributed by atoms with Crippen molar-refractivity contribution >= 4 is 11.8 Å². The largest absolute Gasteiger partial charge is 0.492 e. The molecule has 0 radical (unpaired) electrons. The first-order valence-electron chi connectivity index (χ1n) is 4.87. The number of rotatable bonds is 6. The summed E-state index contributed by atoms with van der Waals surface area (Å²) in [4.78, 5) is 0. The third-order valence-electron chi connectivity index (χ3n) is 1.88. The monoisotopic (exact) mass is 211 g/mol. The molecule has 0 heterocycles. The van der Waals surface area contributed by atoms with Crippen LogP contribution in [0.5, 0.6) is 5.75 Å². The van der Waals surface area contributed by atoms with Crippen LogP contribution in [-0.2, 0) is 6.54 Å². The molecular formula is C11H17NOS. The van der Waals surface area contributed by atoms with E-state index < -0.39 is 0 Å². The molecule has 14 heavy (non-hydrogen) atoms. The molecule has 1 aromatic carbocycles. The smallest absolute Gasteiger partial charge is 0.123 e. The molecule has 0 aliphatic rings. The van der Waals surface area contributed by atoms with E-state index in [1.807, 2.05) is 36.0 Å². The average Bonchev–Trinajstić information content (AvgIpc) is 2.25. The molecule has 0 atom stereocenters. The standard InChI is InChI=1S/C11H17NOS/c1-2-14-8-7-13-11-6-4-3-5-10(11)9-12/h3-6H,2,7-9,12H2,1H3. The number of para-hydroxylation sites is 1. The molecule has 0 aliphatic carbocycles. The van der Waals surface area contributed by atoms with Crippen LogP contribution in [0.4, 0.5) is 0 Å². The van der Waals surface area contributed by atoms with E-state index in [4.69, 9.17) is 10.5 Å². The number of hydrogen-bond donors (Lipinski definition) is 1. The topological polar surface area (TPSA) is 35.2 Å². The van der Waals surface area contributed by atoms with Gasteiger partial charge in [0.1, 0.15) is 5.75 Å². The highest BCUT2D eigenvalue weighted by Gasteiger charge is 1.99. The maximum absolute atomic E-state index is 5.63. The van der Waals surface area contributed by atoms with E-state index in [2.05, 4.69) is 6.92 Å². The van der Waals surface area contributed by atoms with Crippen LogP contribution in [0.2, 0.25) is 0 Å². The number of ether oxygens (including phenoxy) is 1. The maximum Gasteiger partial charge on any atom is 0.123 e. The zero-order valence-corrected chi connectivity index (χ0v) is 9.35. The van der Waals surface area contributed by atoms with Gasteiger partial charge in [-0.05, 0) is 11.8 Å². The summed E-state index contributed by atoms with van der Waals surface area (Å²) in [6.45, 7) is 3.45.